The van der Waals surface area contributed by atoms with Crippen molar-refractivity contribution in [2.75, 3.05) is 0 Å². The molecule has 1 rings (SSSR count). The summed E-state index contributed by atoms with van der Waals surface area (Å²) in [6.45, 7) is 7.53. The Hall–Kier alpha value is -1.70. The van der Waals surface area contributed by atoms with E-state index in [4.69, 9.17) is 0 Å². The third-order valence-corrected chi connectivity index (χ3v) is 2.05. The van der Waals surface area contributed by atoms with Gasteiger partial charge < -0.3 is 0 Å². The van der Waals surface area contributed by atoms with Crippen molar-refractivity contribution in [3.05, 3.63) is 60.1 Å². The molecule has 78 valence electrons. The maximum atomic E-state index is 12.7. The van der Waals surface area contributed by atoms with Gasteiger partial charge in [-0.2, -0.15) is 0 Å². The number of nitrogens with zero attached hydrogens (tertiary/aromatic N) is 1. The van der Waals surface area contributed by atoms with Crippen molar-refractivity contribution in [3.8, 4) is 0 Å². The summed E-state index contributed by atoms with van der Waals surface area (Å²) in [6, 6.07) is 6.22. The van der Waals surface area contributed by atoms with E-state index >= 15 is 0 Å². The van der Waals surface area contributed by atoms with Gasteiger partial charge in [0.05, 0.1) is 5.71 Å². The molecule has 0 unspecified atom stereocenters. The molecule has 0 N–H and O–H groups in total. The highest BCUT2D eigenvalue weighted by atomic mass is 19.1. The molecule has 0 saturated carbocycles. The van der Waals surface area contributed by atoms with E-state index in [2.05, 4.69) is 11.6 Å². The average Bonchev–Trinajstić information content (AvgIpc) is 2.27. The lowest BCUT2D eigenvalue weighted by atomic mass is 10.1. The Kier molecular flexibility index (Phi) is 3.98. The second-order valence-electron chi connectivity index (χ2n) is 3.14. The fourth-order valence-electron chi connectivity index (χ4n) is 1.10. The van der Waals surface area contributed by atoms with Crippen LogP contribution in [0.3, 0.4) is 0 Å². The average molecular weight is 203 g/mol. The normalized spacial score (nSPS) is 12.7. The van der Waals surface area contributed by atoms with Crippen LogP contribution in [0.25, 0.3) is 0 Å². The van der Waals surface area contributed by atoms with Crippen molar-refractivity contribution in [3.63, 3.8) is 0 Å². The first-order valence-corrected chi connectivity index (χ1v) is 4.77. The lowest BCUT2D eigenvalue weighted by molar-refractivity contribution is 0.628. The zero-order valence-electron chi connectivity index (χ0n) is 9.00. The summed E-state index contributed by atoms with van der Waals surface area (Å²) >= 11 is 0. The number of aliphatic imine (C=N–C) groups is 1. The largest absolute Gasteiger partial charge is 0.254 e. The highest BCUT2D eigenvalue weighted by molar-refractivity contribution is 6.08. The Morgan fingerprint density at radius 3 is 2.40 bits per heavy atom. The fourth-order valence-corrected chi connectivity index (χ4v) is 1.10. The topological polar surface area (TPSA) is 12.4 Å². The van der Waals surface area contributed by atoms with Gasteiger partial charge in [0.2, 0.25) is 0 Å². The Morgan fingerprint density at radius 2 is 1.93 bits per heavy atom. The molecule has 0 atom stereocenters. The quantitative estimate of drug-likeness (QED) is 0.664. The van der Waals surface area contributed by atoms with E-state index in [9.17, 15) is 4.39 Å². The summed E-state index contributed by atoms with van der Waals surface area (Å²) < 4.78 is 12.7. The van der Waals surface area contributed by atoms with Gasteiger partial charge in [0.1, 0.15) is 5.82 Å². The summed E-state index contributed by atoms with van der Waals surface area (Å²) in [5.74, 6) is -0.245. The van der Waals surface area contributed by atoms with Crippen LogP contribution in [0.15, 0.2) is 53.7 Å². The molecule has 2 heteroatoms. The number of rotatable bonds is 3. The molecular formula is C13H14FN. The highest BCUT2D eigenvalue weighted by Crippen LogP contribution is 2.07. The van der Waals surface area contributed by atoms with Gasteiger partial charge in [-0.3, -0.25) is 4.99 Å². The number of allylic oxidation sites excluding steroid dienone is 3. The van der Waals surface area contributed by atoms with Crippen molar-refractivity contribution < 1.29 is 4.39 Å². The zero-order valence-corrected chi connectivity index (χ0v) is 9.00. The third-order valence-electron chi connectivity index (χ3n) is 2.05. The fraction of sp³-hybridized carbons (Fsp3) is 0.154. The Labute approximate surface area is 89.7 Å². The minimum absolute atomic E-state index is 0.245. The molecule has 0 aliphatic rings. The Balaban J connectivity index is 3.08. The monoisotopic (exact) mass is 203 g/mol. The molecule has 0 heterocycles. The van der Waals surface area contributed by atoms with Crippen LogP contribution in [0.4, 0.5) is 4.39 Å². The van der Waals surface area contributed by atoms with Crippen LogP contribution in [-0.2, 0) is 0 Å². The van der Waals surface area contributed by atoms with Gasteiger partial charge in [-0.25, -0.2) is 4.39 Å². The van der Waals surface area contributed by atoms with E-state index < -0.39 is 0 Å². The summed E-state index contributed by atoms with van der Waals surface area (Å²) in [5.41, 5.74) is 2.53. The maximum absolute atomic E-state index is 12.7. The zero-order chi connectivity index (χ0) is 11.3. The summed E-state index contributed by atoms with van der Waals surface area (Å²) in [6.07, 6.45) is 3.58. The summed E-state index contributed by atoms with van der Waals surface area (Å²) in [7, 11) is 0. The van der Waals surface area contributed by atoms with Gasteiger partial charge in [-0.05, 0) is 44.2 Å². The van der Waals surface area contributed by atoms with Gasteiger partial charge in [0.15, 0.2) is 0 Å². The molecule has 0 aromatic heterocycles. The standard InChI is InChI=1S/C13H14FN/c1-4-10(3)15-13(5-2)11-6-8-12(14)9-7-11/h4-9H,2H2,1,3H3/b10-4-,15-13?. The predicted molar refractivity (Wildman–Crippen MR) is 62.6 cm³/mol. The first-order chi connectivity index (χ1) is 7.17. The molecule has 1 aromatic carbocycles. The molecule has 15 heavy (non-hydrogen) atoms. The van der Waals surface area contributed by atoms with Crippen molar-refractivity contribution in [2.24, 2.45) is 4.99 Å². The van der Waals surface area contributed by atoms with Crippen molar-refractivity contribution in [1.82, 2.24) is 0 Å². The smallest absolute Gasteiger partial charge is 0.123 e. The van der Waals surface area contributed by atoms with E-state index in [-0.39, 0.29) is 5.82 Å². The van der Waals surface area contributed by atoms with Crippen LogP contribution in [0, 0.1) is 5.82 Å². The van der Waals surface area contributed by atoms with E-state index in [0.29, 0.717) is 0 Å². The van der Waals surface area contributed by atoms with Gasteiger partial charge in [-0.1, -0.05) is 12.7 Å². The third kappa shape index (κ3) is 3.17. The van der Waals surface area contributed by atoms with Crippen molar-refractivity contribution in [1.29, 1.82) is 0 Å². The SMILES string of the molecule is C=CC(=N/C(C)=C\C)c1ccc(F)cc1. The minimum atomic E-state index is -0.245. The molecule has 1 nitrogen and oxygen atoms in total. The van der Waals surface area contributed by atoms with Crippen LogP contribution in [0.1, 0.15) is 19.4 Å². The number of hydrogen-bond acceptors (Lipinski definition) is 1. The van der Waals surface area contributed by atoms with E-state index in [1.165, 1.54) is 12.1 Å². The molecule has 0 spiro atoms. The highest BCUT2D eigenvalue weighted by Gasteiger charge is 1.99. The second kappa shape index (κ2) is 5.25. The lowest BCUT2D eigenvalue weighted by Gasteiger charge is -2.01. The molecule has 0 radical (unpaired) electrons. The summed E-state index contributed by atoms with van der Waals surface area (Å²) in [5, 5.41) is 0. The Bertz CT molecular complexity index is 399. The first-order valence-electron chi connectivity index (χ1n) is 4.77. The van der Waals surface area contributed by atoms with Crippen LogP contribution < -0.4 is 0 Å². The Morgan fingerprint density at radius 1 is 1.33 bits per heavy atom. The molecule has 0 aliphatic heterocycles. The van der Waals surface area contributed by atoms with Gasteiger partial charge in [0.25, 0.3) is 0 Å². The minimum Gasteiger partial charge on any atom is -0.254 e. The molecule has 0 saturated heterocycles. The van der Waals surface area contributed by atoms with Crippen molar-refractivity contribution >= 4 is 5.71 Å². The molecule has 0 fully saturated rings. The molecule has 0 bridgehead atoms. The van der Waals surface area contributed by atoms with E-state index in [1.807, 2.05) is 19.9 Å². The predicted octanol–water partition coefficient (Wildman–Crippen LogP) is 3.72. The number of halogens is 1. The number of hydrogen-bond donors (Lipinski definition) is 0. The maximum Gasteiger partial charge on any atom is 0.123 e. The second-order valence-corrected chi connectivity index (χ2v) is 3.14. The van der Waals surface area contributed by atoms with Crippen molar-refractivity contribution in [2.45, 2.75) is 13.8 Å². The first kappa shape index (κ1) is 11.4. The van der Waals surface area contributed by atoms with Gasteiger partial charge in [0, 0.05) is 11.3 Å². The molecule has 0 amide bonds. The number of benzene rings is 1. The van der Waals surface area contributed by atoms with Crippen LogP contribution in [-0.4, -0.2) is 5.71 Å². The summed E-state index contributed by atoms with van der Waals surface area (Å²) in [4.78, 5) is 4.35. The van der Waals surface area contributed by atoms with E-state index in [0.717, 1.165) is 17.0 Å². The van der Waals surface area contributed by atoms with Crippen LogP contribution >= 0.6 is 0 Å². The van der Waals surface area contributed by atoms with Gasteiger partial charge >= 0.3 is 0 Å². The van der Waals surface area contributed by atoms with Gasteiger partial charge in [-0.15, -0.1) is 0 Å². The molecule has 1 aromatic rings. The molecular weight excluding hydrogens is 189 g/mol. The van der Waals surface area contributed by atoms with E-state index in [1.54, 1.807) is 18.2 Å². The van der Waals surface area contributed by atoms with Crippen LogP contribution in [0.2, 0.25) is 0 Å². The lowest BCUT2D eigenvalue weighted by Crippen LogP contribution is -1.96. The van der Waals surface area contributed by atoms with Crippen LogP contribution in [0.5, 0.6) is 0 Å². The molecule has 0 aliphatic carbocycles.